The number of ether oxygens (including phenoxy) is 2. The standard InChI is InChI=1S/C19H21BrN6O4S2/c1-32(27,28)25-12(10-2-3-10)4-5-26-8-22-17(21)16-18(26)24-19(23-16)31-15-7-14-13(6-11(15)20)29-9-30-14/h6-8,10,12,25H,2-5,9,21H2,1H3. The molecule has 0 bridgehead atoms. The van der Waals surface area contributed by atoms with Crippen molar-refractivity contribution in [1.29, 1.82) is 0 Å². The first-order chi connectivity index (χ1) is 15.3. The molecule has 1 aromatic carbocycles. The van der Waals surface area contributed by atoms with Crippen molar-refractivity contribution in [3.8, 4) is 23.0 Å². The smallest absolute Gasteiger partial charge is 0.231 e. The van der Waals surface area contributed by atoms with Crippen molar-refractivity contribution in [2.75, 3.05) is 18.8 Å². The number of nitrogen functional groups attached to an aromatic ring is 1. The van der Waals surface area contributed by atoms with Crippen LogP contribution in [-0.4, -0.2) is 47.0 Å². The fourth-order valence-corrected chi connectivity index (χ4v) is 5.87. The first kappa shape index (κ1) is 21.7. The zero-order valence-electron chi connectivity index (χ0n) is 17.1. The molecule has 5 rings (SSSR count). The molecule has 3 aliphatic heterocycles. The van der Waals surface area contributed by atoms with Crippen LogP contribution < -0.4 is 19.9 Å². The lowest BCUT2D eigenvalue weighted by Gasteiger charge is -2.18. The first-order valence-electron chi connectivity index (χ1n) is 9.99. The van der Waals surface area contributed by atoms with Crippen molar-refractivity contribution in [2.45, 2.75) is 41.9 Å². The highest BCUT2D eigenvalue weighted by atomic mass is 79.9. The number of nitrogens with zero attached hydrogens (tertiary/aromatic N) is 4. The highest BCUT2D eigenvalue weighted by Gasteiger charge is 2.33. The third-order valence-electron chi connectivity index (χ3n) is 5.34. The molecule has 10 nitrogen and oxygen atoms in total. The summed E-state index contributed by atoms with van der Waals surface area (Å²) in [5.74, 6) is 2.66. The Labute approximate surface area is 197 Å². The molecular weight excluding hydrogens is 520 g/mol. The molecule has 0 spiro atoms. The summed E-state index contributed by atoms with van der Waals surface area (Å²) in [4.78, 5) is 14.4. The number of anilines is 1. The van der Waals surface area contributed by atoms with E-state index in [1.807, 2.05) is 16.7 Å². The number of aryl methyl sites for hydroxylation is 1. The van der Waals surface area contributed by atoms with E-state index >= 15 is 0 Å². The van der Waals surface area contributed by atoms with Gasteiger partial charge in [0.1, 0.15) is 0 Å². The predicted octanol–water partition coefficient (Wildman–Crippen LogP) is 2.72. The van der Waals surface area contributed by atoms with Gasteiger partial charge in [0.25, 0.3) is 0 Å². The van der Waals surface area contributed by atoms with Crippen LogP contribution in [0.25, 0.3) is 11.5 Å². The van der Waals surface area contributed by atoms with Crippen LogP contribution in [0, 0.1) is 5.92 Å². The van der Waals surface area contributed by atoms with Crippen molar-refractivity contribution in [2.24, 2.45) is 5.92 Å². The van der Waals surface area contributed by atoms with E-state index in [2.05, 4.69) is 35.6 Å². The Balaban J connectivity index is 1.38. The minimum Gasteiger partial charge on any atom is -0.454 e. The summed E-state index contributed by atoms with van der Waals surface area (Å²) in [6.45, 7) is 0.745. The van der Waals surface area contributed by atoms with Crippen LogP contribution in [0.5, 0.6) is 11.5 Å². The van der Waals surface area contributed by atoms with Gasteiger partial charge in [0.2, 0.25) is 16.8 Å². The predicted molar refractivity (Wildman–Crippen MR) is 122 cm³/mol. The summed E-state index contributed by atoms with van der Waals surface area (Å²) in [6.07, 6.45) is 5.52. The van der Waals surface area contributed by atoms with Crippen LogP contribution in [0.1, 0.15) is 19.3 Å². The summed E-state index contributed by atoms with van der Waals surface area (Å²) >= 11 is 4.93. The second-order valence-electron chi connectivity index (χ2n) is 7.86. The first-order valence-corrected chi connectivity index (χ1v) is 13.5. The molecule has 0 amide bonds. The van der Waals surface area contributed by atoms with Crippen molar-refractivity contribution in [1.82, 2.24) is 24.2 Å². The number of hydrogen-bond acceptors (Lipinski definition) is 9. The number of benzene rings is 1. The summed E-state index contributed by atoms with van der Waals surface area (Å²) in [5.41, 5.74) is 6.58. The second-order valence-corrected chi connectivity index (χ2v) is 11.5. The van der Waals surface area contributed by atoms with Crippen LogP contribution in [0.15, 0.2) is 33.0 Å². The number of nitrogens with two attached hydrogens (primary N) is 1. The van der Waals surface area contributed by atoms with Crippen LogP contribution in [-0.2, 0) is 16.6 Å². The monoisotopic (exact) mass is 540 g/mol. The topological polar surface area (TPSA) is 134 Å². The Morgan fingerprint density at radius 3 is 2.78 bits per heavy atom. The summed E-state index contributed by atoms with van der Waals surface area (Å²) in [7, 11) is -3.27. The largest absolute Gasteiger partial charge is 0.454 e. The second kappa shape index (κ2) is 8.36. The van der Waals surface area contributed by atoms with Gasteiger partial charge in [-0.15, -0.1) is 0 Å². The summed E-state index contributed by atoms with van der Waals surface area (Å²) in [6, 6.07) is 3.63. The molecule has 0 saturated heterocycles. The Bertz CT molecular complexity index is 1250. The van der Waals surface area contributed by atoms with Gasteiger partial charge in [-0.3, -0.25) is 0 Å². The molecule has 1 unspecified atom stereocenters. The SMILES string of the molecule is CS(=O)(=O)NC(CCn1cnc(N)c2nc(Sc3cc4c(cc3Br)OCO4)nc1-2)C1CC1. The van der Waals surface area contributed by atoms with E-state index in [0.29, 0.717) is 52.9 Å². The van der Waals surface area contributed by atoms with E-state index in [-0.39, 0.29) is 12.8 Å². The number of rotatable bonds is 8. The van der Waals surface area contributed by atoms with Crippen molar-refractivity contribution < 1.29 is 17.9 Å². The normalized spacial score (nSPS) is 16.6. The van der Waals surface area contributed by atoms with Gasteiger partial charge in [-0.05, 0) is 65.0 Å². The Kier molecular flexibility index (Phi) is 5.68. The Hall–Kier alpha value is -2.09. The molecule has 4 aliphatic rings. The molecule has 170 valence electrons. The number of fused-ring (bicyclic) bond motifs is 2. The van der Waals surface area contributed by atoms with E-state index in [1.54, 1.807) is 6.33 Å². The number of hydrogen-bond donors (Lipinski definition) is 2. The summed E-state index contributed by atoms with van der Waals surface area (Å²) < 4.78 is 39.8. The molecule has 3 N–H and O–H groups in total. The van der Waals surface area contributed by atoms with Gasteiger partial charge in [-0.25, -0.2) is 28.1 Å². The lowest BCUT2D eigenvalue weighted by molar-refractivity contribution is 0.174. The molecule has 13 heteroatoms. The molecule has 32 heavy (non-hydrogen) atoms. The number of imidazole rings is 1. The van der Waals surface area contributed by atoms with Gasteiger partial charge in [0.05, 0.1) is 12.6 Å². The molecule has 0 aromatic heterocycles. The van der Waals surface area contributed by atoms with Gasteiger partial charge in [0, 0.05) is 22.0 Å². The number of halogens is 1. The maximum absolute atomic E-state index is 11.7. The maximum Gasteiger partial charge on any atom is 0.231 e. The minimum absolute atomic E-state index is 0.105. The zero-order chi connectivity index (χ0) is 22.5. The average molecular weight is 541 g/mol. The van der Waals surface area contributed by atoms with E-state index in [0.717, 1.165) is 22.2 Å². The van der Waals surface area contributed by atoms with Crippen LogP contribution >= 0.6 is 27.7 Å². The third-order valence-corrected chi connectivity index (χ3v) is 7.91. The van der Waals surface area contributed by atoms with Crippen LogP contribution in [0.4, 0.5) is 5.82 Å². The third kappa shape index (κ3) is 4.65. The van der Waals surface area contributed by atoms with E-state index < -0.39 is 10.0 Å². The highest BCUT2D eigenvalue weighted by molar-refractivity contribution is 9.10. The van der Waals surface area contributed by atoms with Crippen molar-refractivity contribution in [3.05, 3.63) is 22.9 Å². The van der Waals surface area contributed by atoms with E-state index in [9.17, 15) is 8.42 Å². The fourth-order valence-electron chi connectivity index (χ4n) is 3.66. The van der Waals surface area contributed by atoms with Gasteiger partial charge in [0.15, 0.2) is 34.0 Å². The molecular formula is C19H21BrN6O4S2. The molecule has 1 aliphatic carbocycles. The highest BCUT2D eigenvalue weighted by Crippen LogP contribution is 2.43. The Morgan fingerprint density at radius 1 is 1.31 bits per heavy atom. The lowest BCUT2D eigenvalue weighted by atomic mass is 10.1. The molecule has 1 aromatic rings. The van der Waals surface area contributed by atoms with E-state index in [4.69, 9.17) is 15.2 Å². The van der Waals surface area contributed by atoms with Gasteiger partial charge < -0.3 is 19.8 Å². The van der Waals surface area contributed by atoms with Crippen molar-refractivity contribution in [3.63, 3.8) is 0 Å². The van der Waals surface area contributed by atoms with Gasteiger partial charge in [-0.1, -0.05) is 0 Å². The average Bonchev–Trinajstić information content (AvgIpc) is 3.33. The van der Waals surface area contributed by atoms with Gasteiger partial charge in [-0.2, -0.15) is 0 Å². The Morgan fingerprint density at radius 2 is 2.06 bits per heavy atom. The van der Waals surface area contributed by atoms with Crippen molar-refractivity contribution >= 4 is 43.5 Å². The summed E-state index contributed by atoms with van der Waals surface area (Å²) in [5, 5.41) is 0.529. The van der Waals surface area contributed by atoms with E-state index in [1.165, 1.54) is 18.0 Å². The zero-order valence-corrected chi connectivity index (χ0v) is 20.3. The number of nitrogens with one attached hydrogen (secondary N) is 1. The van der Waals surface area contributed by atoms with Gasteiger partial charge >= 0.3 is 0 Å². The van der Waals surface area contributed by atoms with Crippen LogP contribution in [0.2, 0.25) is 0 Å². The minimum atomic E-state index is -3.27. The molecule has 1 saturated carbocycles. The molecule has 0 radical (unpaired) electrons. The molecule has 3 heterocycles. The van der Waals surface area contributed by atoms with Crippen LogP contribution in [0.3, 0.4) is 0 Å². The lowest BCUT2D eigenvalue weighted by Crippen LogP contribution is -2.36. The fraction of sp³-hybridized carbons (Fsp3) is 0.421. The molecule has 1 atom stereocenters. The molecule has 1 fully saturated rings. The quantitative estimate of drug-likeness (QED) is 0.442. The number of aromatic nitrogens is 4. The number of sulfonamides is 1. The maximum atomic E-state index is 11.7.